The van der Waals surface area contributed by atoms with Crippen LogP contribution in [0.15, 0.2) is 114 Å². The molecule has 6 nitrogen and oxygen atoms in total. The molecule has 0 radical (unpaired) electrons. The van der Waals surface area contributed by atoms with E-state index in [9.17, 15) is 4.79 Å². The topological polar surface area (TPSA) is 70.4 Å². The number of hydrogen-bond donors (Lipinski definition) is 2. The Morgan fingerprint density at radius 1 is 0.795 bits per heavy atom. The second kappa shape index (κ2) is 10.4. The first-order valence-corrected chi connectivity index (χ1v) is 12.8. The molecule has 0 saturated heterocycles. The van der Waals surface area contributed by atoms with Crippen molar-refractivity contribution >= 4 is 44.9 Å². The van der Waals surface area contributed by atoms with Crippen molar-refractivity contribution in [3.05, 3.63) is 120 Å². The van der Waals surface area contributed by atoms with Crippen molar-refractivity contribution in [1.29, 1.82) is 0 Å². The Kier molecular flexibility index (Phi) is 6.53. The number of anilines is 3. The summed E-state index contributed by atoms with van der Waals surface area (Å²) >= 11 is 0. The monoisotopic (exact) mass is 512 g/mol. The maximum atomic E-state index is 12.7. The molecule has 0 bridgehead atoms. The highest BCUT2D eigenvalue weighted by Crippen LogP contribution is 2.35. The predicted octanol–water partition coefficient (Wildman–Crippen LogP) is 7.71. The van der Waals surface area contributed by atoms with Gasteiger partial charge in [-0.25, -0.2) is 0 Å². The number of carbonyl (C=O) groups is 1. The lowest BCUT2D eigenvalue weighted by Gasteiger charge is -2.11. The first-order chi connectivity index (χ1) is 19.0. The third-order valence-electron chi connectivity index (χ3n) is 6.59. The van der Waals surface area contributed by atoms with Crippen molar-refractivity contribution in [2.75, 3.05) is 24.7 Å². The second-order valence-corrected chi connectivity index (χ2v) is 9.80. The van der Waals surface area contributed by atoms with Gasteiger partial charge in [-0.2, -0.15) is 0 Å². The number of amides is 1. The molecule has 0 aliphatic heterocycles. The molecule has 192 valence electrons. The molecule has 0 atom stereocenters. The van der Waals surface area contributed by atoms with Crippen LogP contribution in [0.5, 0.6) is 0 Å². The molecule has 2 aromatic heterocycles. The number of pyridine rings is 1. The van der Waals surface area contributed by atoms with Crippen LogP contribution in [0.3, 0.4) is 0 Å². The number of fused-ring (bicyclic) bond motifs is 3. The number of hydrogen-bond acceptors (Lipinski definition) is 5. The van der Waals surface area contributed by atoms with E-state index in [4.69, 9.17) is 4.42 Å². The van der Waals surface area contributed by atoms with Crippen LogP contribution in [-0.2, 0) is 6.54 Å². The van der Waals surface area contributed by atoms with E-state index in [0.29, 0.717) is 5.56 Å². The van der Waals surface area contributed by atoms with Crippen LogP contribution in [0.4, 0.5) is 17.1 Å². The first kappa shape index (κ1) is 24.4. The molecular weight excluding hydrogens is 484 g/mol. The van der Waals surface area contributed by atoms with E-state index < -0.39 is 0 Å². The molecule has 1 amide bonds. The smallest absolute Gasteiger partial charge is 0.255 e. The lowest BCUT2D eigenvalue weighted by molar-refractivity contribution is 0.102. The van der Waals surface area contributed by atoms with E-state index >= 15 is 0 Å². The SMILES string of the molecule is CN(C)Cc1ccc(C(=O)Nc2ccc(Nc3ccnc(-c4cccc5c4oc4ccccc45)c3)cc2)cc1. The van der Waals surface area contributed by atoms with E-state index in [1.807, 2.05) is 105 Å². The molecular formula is C33H28N4O2. The molecule has 0 aliphatic rings. The number of carbonyl (C=O) groups excluding carboxylic acids is 1. The Morgan fingerprint density at radius 2 is 1.54 bits per heavy atom. The highest BCUT2D eigenvalue weighted by molar-refractivity contribution is 6.09. The Bertz CT molecular complexity index is 1770. The van der Waals surface area contributed by atoms with Gasteiger partial charge in [0.2, 0.25) is 0 Å². The van der Waals surface area contributed by atoms with Gasteiger partial charge < -0.3 is 20.0 Å². The largest absolute Gasteiger partial charge is 0.455 e. The summed E-state index contributed by atoms with van der Waals surface area (Å²) in [6, 6.07) is 33.5. The minimum Gasteiger partial charge on any atom is -0.455 e. The number of rotatable bonds is 7. The molecule has 2 heterocycles. The van der Waals surface area contributed by atoms with Gasteiger partial charge in [0.25, 0.3) is 5.91 Å². The van der Waals surface area contributed by atoms with E-state index in [1.54, 1.807) is 6.20 Å². The molecule has 6 heteroatoms. The standard InChI is InChI=1S/C33H28N4O2/c1-37(2)21-22-10-12-23(13-11-22)33(38)36-25-16-14-24(15-17-25)35-26-18-19-34-30(20-26)29-8-5-7-28-27-6-3-4-9-31(27)39-32(28)29/h3-20H,21H2,1-2H3,(H,34,35)(H,36,38). The van der Waals surface area contributed by atoms with Gasteiger partial charge in [-0.15, -0.1) is 0 Å². The van der Waals surface area contributed by atoms with Gasteiger partial charge in [0.05, 0.1) is 5.69 Å². The molecule has 2 N–H and O–H groups in total. The summed E-state index contributed by atoms with van der Waals surface area (Å²) in [6.45, 7) is 0.838. The Hall–Kier alpha value is -4.94. The van der Waals surface area contributed by atoms with Crippen molar-refractivity contribution in [1.82, 2.24) is 9.88 Å². The Labute approximate surface area is 226 Å². The highest BCUT2D eigenvalue weighted by atomic mass is 16.3. The van der Waals surface area contributed by atoms with Crippen molar-refractivity contribution in [3.8, 4) is 11.3 Å². The summed E-state index contributed by atoms with van der Waals surface area (Å²) < 4.78 is 6.20. The van der Waals surface area contributed by atoms with Crippen LogP contribution >= 0.6 is 0 Å². The third kappa shape index (κ3) is 5.23. The third-order valence-corrected chi connectivity index (χ3v) is 6.59. The lowest BCUT2D eigenvalue weighted by atomic mass is 10.1. The molecule has 0 fully saturated rings. The number of aromatic nitrogens is 1. The molecule has 0 aliphatic carbocycles. The van der Waals surface area contributed by atoms with Gasteiger partial charge in [0, 0.05) is 51.7 Å². The summed E-state index contributed by atoms with van der Waals surface area (Å²) in [5, 5.41) is 8.57. The minimum atomic E-state index is -0.134. The van der Waals surface area contributed by atoms with Crippen LogP contribution in [-0.4, -0.2) is 29.9 Å². The maximum Gasteiger partial charge on any atom is 0.255 e. The van der Waals surface area contributed by atoms with Crippen LogP contribution < -0.4 is 10.6 Å². The van der Waals surface area contributed by atoms with Crippen molar-refractivity contribution in [2.24, 2.45) is 0 Å². The summed E-state index contributed by atoms with van der Waals surface area (Å²) in [5.41, 5.74) is 7.80. The molecule has 4 aromatic carbocycles. The molecule has 0 saturated carbocycles. The van der Waals surface area contributed by atoms with E-state index in [1.165, 1.54) is 5.56 Å². The lowest BCUT2D eigenvalue weighted by Crippen LogP contribution is -2.13. The number of nitrogens with zero attached hydrogens (tertiary/aromatic N) is 2. The number of furan rings is 1. The van der Waals surface area contributed by atoms with Crippen LogP contribution in [0.1, 0.15) is 15.9 Å². The summed E-state index contributed by atoms with van der Waals surface area (Å²) in [6.07, 6.45) is 1.79. The highest BCUT2D eigenvalue weighted by Gasteiger charge is 2.13. The van der Waals surface area contributed by atoms with Crippen LogP contribution in [0.2, 0.25) is 0 Å². The number of nitrogens with one attached hydrogen (secondary N) is 2. The summed E-state index contributed by atoms with van der Waals surface area (Å²) in [7, 11) is 4.05. The van der Waals surface area contributed by atoms with Crippen LogP contribution in [0, 0.1) is 0 Å². The van der Waals surface area contributed by atoms with Gasteiger partial charge >= 0.3 is 0 Å². The second-order valence-electron chi connectivity index (χ2n) is 9.80. The van der Waals surface area contributed by atoms with Gasteiger partial charge in [0.15, 0.2) is 0 Å². The molecule has 6 rings (SSSR count). The maximum absolute atomic E-state index is 12.7. The predicted molar refractivity (Wildman–Crippen MR) is 158 cm³/mol. The molecule has 0 spiro atoms. The fourth-order valence-corrected chi connectivity index (χ4v) is 4.74. The average molecular weight is 513 g/mol. The Balaban J connectivity index is 1.17. The fourth-order valence-electron chi connectivity index (χ4n) is 4.74. The zero-order valence-electron chi connectivity index (χ0n) is 21.8. The van der Waals surface area contributed by atoms with E-state index in [2.05, 4.69) is 32.7 Å². The first-order valence-electron chi connectivity index (χ1n) is 12.8. The van der Waals surface area contributed by atoms with Crippen molar-refractivity contribution in [3.63, 3.8) is 0 Å². The van der Waals surface area contributed by atoms with Crippen molar-refractivity contribution < 1.29 is 9.21 Å². The van der Waals surface area contributed by atoms with Gasteiger partial charge in [-0.05, 0) is 80.3 Å². The van der Waals surface area contributed by atoms with Gasteiger partial charge in [-0.3, -0.25) is 9.78 Å². The summed E-state index contributed by atoms with van der Waals surface area (Å²) in [4.78, 5) is 19.4. The Morgan fingerprint density at radius 3 is 2.33 bits per heavy atom. The number of para-hydroxylation sites is 2. The van der Waals surface area contributed by atoms with Gasteiger partial charge in [-0.1, -0.05) is 42.5 Å². The zero-order valence-corrected chi connectivity index (χ0v) is 21.8. The van der Waals surface area contributed by atoms with Crippen LogP contribution in [0.25, 0.3) is 33.2 Å². The quantitative estimate of drug-likeness (QED) is 0.229. The molecule has 39 heavy (non-hydrogen) atoms. The van der Waals surface area contributed by atoms with Crippen molar-refractivity contribution in [2.45, 2.75) is 6.54 Å². The van der Waals surface area contributed by atoms with E-state index in [0.717, 1.165) is 56.8 Å². The fraction of sp³-hybridized carbons (Fsp3) is 0.0909. The molecule has 6 aromatic rings. The molecule has 0 unspecified atom stereocenters. The normalized spacial score (nSPS) is 11.3. The van der Waals surface area contributed by atoms with Gasteiger partial charge in [0.1, 0.15) is 11.2 Å². The summed E-state index contributed by atoms with van der Waals surface area (Å²) in [5.74, 6) is -0.134. The zero-order chi connectivity index (χ0) is 26.8. The van der Waals surface area contributed by atoms with E-state index in [-0.39, 0.29) is 5.91 Å². The minimum absolute atomic E-state index is 0.134. The average Bonchev–Trinajstić information content (AvgIpc) is 3.33. The number of benzene rings is 4.